The number of nitrogens with zero attached hydrogens (tertiary/aromatic N) is 3. The van der Waals surface area contributed by atoms with Crippen molar-refractivity contribution in [1.82, 2.24) is 0 Å². The Morgan fingerprint density at radius 3 is 2.50 bits per heavy atom. The third-order valence-corrected chi connectivity index (χ3v) is 4.15. The molecule has 5 heteroatoms. The van der Waals surface area contributed by atoms with Crippen LogP contribution in [0.3, 0.4) is 0 Å². The van der Waals surface area contributed by atoms with Crippen LogP contribution >= 0.6 is 0 Å². The van der Waals surface area contributed by atoms with Crippen molar-refractivity contribution >= 4 is 23.5 Å². The van der Waals surface area contributed by atoms with Gasteiger partial charge in [0.1, 0.15) is 11.4 Å². The smallest absolute Gasteiger partial charge is 0.318 e. The molecule has 2 aromatic carbocycles. The van der Waals surface area contributed by atoms with Gasteiger partial charge in [0, 0.05) is 18.7 Å². The van der Waals surface area contributed by atoms with Gasteiger partial charge in [-0.2, -0.15) is 0 Å². The normalized spacial score (nSPS) is 17.9. The van der Waals surface area contributed by atoms with Gasteiger partial charge < -0.3 is 4.74 Å². The highest BCUT2D eigenvalue weighted by Gasteiger charge is 2.44. The number of hydrazine groups is 1. The van der Waals surface area contributed by atoms with Gasteiger partial charge in [0.2, 0.25) is 11.8 Å². The predicted molar refractivity (Wildman–Crippen MR) is 95.2 cm³/mol. The molecule has 1 atom stereocenters. The van der Waals surface area contributed by atoms with Gasteiger partial charge in [0.05, 0.1) is 7.11 Å². The summed E-state index contributed by atoms with van der Waals surface area (Å²) in [5.74, 6) is 0.671. The Balaban J connectivity index is 1.90. The van der Waals surface area contributed by atoms with Crippen molar-refractivity contribution in [2.45, 2.75) is 13.0 Å². The molecule has 0 saturated carbocycles. The first kappa shape index (κ1) is 15.9. The van der Waals surface area contributed by atoms with Crippen LogP contribution < -0.4 is 9.75 Å². The van der Waals surface area contributed by atoms with E-state index in [-0.39, 0.29) is 5.91 Å². The summed E-state index contributed by atoms with van der Waals surface area (Å²) in [4.78, 5) is 17.3. The first-order valence-electron chi connectivity index (χ1n) is 7.75. The average Bonchev–Trinajstić information content (AvgIpc) is 2.83. The summed E-state index contributed by atoms with van der Waals surface area (Å²) < 4.78 is 7.17. The molecule has 2 aromatic rings. The molecule has 1 unspecified atom stereocenters. The maximum atomic E-state index is 12.8. The van der Waals surface area contributed by atoms with Crippen LogP contribution in [0.1, 0.15) is 12.5 Å². The topological polar surface area (TPSA) is 44.9 Å². The zero-order chi connectivity index (χ0) is 17.1. The van der Waals surface area contributed by atoms with Gasteiger partial charge in [0.15, 0.2) is 7.05 Å². The number of aliphatic imine (C=N–C) groups is 1. The van der Waals surface area contributed by atoms with Crippen molar-refractivity contribution in [2.75, 3.05) is 19.2 Å². The molecule has 1 aliphatic heterocycles. The van der Waals surface area contributed by atoms with Crippen molar-refractivity contribution in [3.05, 3.63) is 60.2 Å². The Kier molecular flexibility index (Phi) is 4.42. The summed E-state index contributed by atoms with van der Waals surface area (Å²) in [6, 6.07) is 16.7. The van der Waals surface area contributed by atoms with E-state index in [1.807, 2.05) is 73.3 Å². The SMILES string of the molecule is COc1ccccc1C=NC1C(=O)N(c2ccccc2)[N+](C)=C1C. The van der Waals surface area contributed by atoms with E-state index < -0.39 is 6.04 Å². The molecule has 3 rings (SSSR count). The molecule has 1 aliphatic rings. The van der Waals surface area contributed by atoms with E-state index in [2.05, 4.69) is 4.99 Å². The second-order valence-electron chi connectivity index (χ2n) is 5.57. The number of methoxy groups -OCH3 is 1. The number of hydrogen-bond acceptors (Lipinski definition) is 3. The maximum absolute atomic E-state index is 12.8. The lowest BCUT2D eigenvalue weighted by molar-refractivity contribution is -0.495. The van der Waals surface area contributed by atoms with Gasteiger partial charge in [-0.05, 0) is 24.3 Å². The molecular formula is C19H20N3O2+. The van der Waals surface area contributed by atoms with E-state index >= 15 is 0 Å². The summed E-state index contributed by atoms with van der Waals surface area (Å²) in [5, 5.41) is 1.65. The minimum Gasteiger partial charge on any atom is -0.496 e. The van der Waals surface area contributed by atoms with Gasteiger partial charge in [-0.15, -0.1) is 4.68 Å². The first-order valence-corrected chi connectivity index (χ1v) is 7.75. The van der Waals surface area contributed by atoms with Crippen molar-refractivity contribution in [3.8, 4) is 5.75 Å². The van der Waals surface area contributed by atoms with Gasteiger partial charge in [-0.1, -0.05) is 35.3 Å². The second-order valence-corrected chi connectivity index (χ2v) is 5.57. The number of hydrogen-bond donors (Lipinski definition) is 0. The monoisotopic (exact) mass is 322 g/mol. The number of para-hydroxylation sites is 2. The lowest BCUT2D eigenvalue weighted by Crippen LogP contribution is -2.35. The number of carbonyl (C=O) groups excluding carboxylic acids is 1. The van der Waals surface area contributed by atoms with E-state index in [0.29, 0.717) is 0 Å². The van der Waals surface area contributed by atoms with E-state index in [0.717, 1.165) is 22.7 Å². The molecule has 122 valence electrons. The number of carbonyl (C=O) groups is 1. The van der Waals surface area contributed by atoms with Crippen LogP contribution in [0.4, 0.5) is 5.69 Å². The van der Waals surface area contributed by atoms with Gasteiger partial charge in [0.25, 0.3) is 0 Å². The number of amides is 1. The van der Waals surface area contributed by atoms with Crippen LogP contribution in [0.15, 0.2) is 59.6 Å². The molecule has 0 aromatic heterocycles. The maximum Gasteiger partial charge on any atom is 0.318 e. The molecule has 24 heavy (non-hydrogen) atoms. The molecule has 0 N–H and O–H groups in total. The van der Waals surface area contributed by atoms with Crippen LogP contribution in [-0.2, 0) is 4.79 Å². The summed E-state index contributed by atoms with van der Waals surface area (Å²) >= 11 is 0. The lowest BCUT2D eigenvalue weighted by Gasteiger charge is -2.11. The van der Waals surface area contributed by atoms with E-state index in [1.54, 1.807) is 18.3 Å². The molecule has 0 aliphatic carbocycles. The number of ether oxygens (including phenoxy) is 1. The third kappa shape index (κ3) is 2.80. The zero-order valence-electron chi connectivity index (χ0n) is 14.0. The molecule has 0 fully saturated rings. The van der Waals surface area contributed by atoms with Gasteiger partial charge >= 0.3 is 5.91 Å². The highest BCUT2D eigenvalue weighted by Crippen LogP contribution is 2.21. The highest BCUT2D eigenvalue weighted by atomic mass is 16.5. The standard InChI is InChI=1S/C19H20N3O2/c1-14-18(20-13-15-9-7-8-12-17(15)24-3)19(23)22(21(14)2)16-10-5-4-6-11-16/h4-13,18H,1-3H3/q+1. The Morgan fingerprint density at radius 1 is 1.12 bits per heavy atom. The fraction of sp³-hybridized carbons (Fsp3) is 0.211. The van der Waals surface area contributed by atoms with Gasteiger partial charge in [-0.3, -0.25) is 9.79 Å². The van der Waals surface area contributed by atoms with Gasteiger partial charge in [-0.25, -0.2) is 0 Å². The summed E-state index contributed by atoms with van der Waals surface area (Å²) in [6.45, 7) is 1.92. The van der Waals surface area contributed by atoms with E-state index in [1.165, 1.54) is 0 Å². The summed E-state index contributed by atoms with van der Waals surface area (Å²) in [6.07, 6.45) is 1.70. The molecule has 1 amide bonds. The fourth-order valence-electron chi connectivity index (χ4n) is 2.75. The molecule has 5 nitrogen and oxygen atoms in total. The van der Waals surface area contributed by atoms with Crippen molar-refractivity contribution in [3.63, 3.8) is 0 Å². The van der Waals surface area contributed by atoms with Crippen molar-refractivity contribution in [2.24, 2.45) is 4.99 Å². The summed E-state index contributed by atoms with van der Waals surface area (Å²) in [7, 11) is 3.49. The second kappa shape index (κ2) is 6.66. The Hall–Kier alpha value is -2.95. The molecule has 0 bridgehead atoms. The molecule has 0 spiro atoms. The summed E-state index contributed by atoms with van der Waals surface area (Å²) in [5.41, 5.74) is 2.57. The molecular weight excluding hydrogens is 302 g/mol. The van der Waals surface area contributed by atoms with Crippen LogP contribution in [-0.4, -0.2) is 42.7 Å². The quantitative estimate of drug-likeness (QED) is 0.641. The number of anilines is 1. The van der Waals surface area contributed by atoms with E-state index in [9.17, 15) is 4.79 Å². The van der Waals surface area contributed by atoms with Crippen LogP contribution in [0.5, 0.6) is 5.75 Å². The predicted octanol–water partition coefficient (Wildman–Crippen LogP) is 2.55. The van der Waals surface area contributed by atoms with Crippen LogP contribution in [0.25, 0.3) is 0 Å². The van der Waals surface area contributed by atoms with E-state index in [4.69, 9.17) is 4.74 Å². The highest BCUT2D eigenvalue weighted by molar-refractivity contribution is 6.15. The Labute approximate surface area is 141 Å². The minimum atomic E-state index is -0.528. The van der Waals surface area contributed by atoms with Crippen molar-refractivity contribution < 1.29 is 14.2 Å². The Bertz CT molecular complexity index is 812. The zero-order valence-corrected chi connectivity index (χ0v) is 14.0. The fourth-order valence-corrected chi connectivity index (χ4v) is 2.75. The largest absolute Gasteiger partial charge is 0.496 e. The third-order valence-electron chi connectivity index (χ3n) is 4.15. The number of hydrazone groups is 1. The number of benzene rings is 2. The molecule has 0 radical (unpaired) electrons. The Morgan fingerprint density at radius 2 is 1.79 bits per heavy atom. The molecule has 1 heterocycles. The average molecular weight is 322 g/mol. The number of rotatable bonds is 4. The van der Waals surface area contributed by atoms with Crippen LogP contribution in [0.2, 0.25) is 0 Å². The van der Waals surface area contributed by atoms with Crippen molar-refractivity contribution in [1.29, 1.82) is 0 Å². The van der Waals surface area contributed by atoms with Crippen LogP contribution in [0, 0.1) is 0 Å². The first-order chi connectivity index (χ1) is 11.6. The lowest BCUT2D eigenvalue weighted by atomic mass is 10.2. The minimum absolute atomic E-state index is 0.0626. The molecule has 0 saturated heterocycles.